The molecule has 0 fully saturated rings. The molecule has 0 saturated carbocycles. The van der Waals surface area contributed by atoms with Gasteiger partial charge in [0.25, 0.3) is 0 Å². The van der Waals surface area contributed by atoms with Gasteiger partial charge in [0.05, 0.1) is 11.1 Å². The number of hydrogen-bond donors (Lipinski definition) is 1. The summed E-state index contributed by atoms with van der Waals surface area (Å²) in [4.78, 5) is 3.91. The number of pyridine rings is 1. The Hall–Kier alpha value is -1.29. The van der Waals surface area contributed by atoms with Gasteiger partial charge in [-0.05, 0) is 31.2 Å². The van der Waals surface area contributed by atoms with E-state index in [4.69, 9.17) is 27.9 Å². The van der Waals surface area contributed by atoms with Gasteiger partial charge in [0, 0.05) is 28.5 Å². The van der Waals surface area contributed by atoms with E-state index in [2.05, 4.69) is 4.98 Å². The van der Waals surface area contributed by atoms with E-state index in [-0.39, 0.29) is 0 Å². The Morgan fingerprint density at radius 1 is 1.32 bits per heavy atom. The minimum absolute atomic E-state index is 0.308. The molecule has 0 saturated heterocycles. The maximum atomic E-state index is 9.71. The first-order valence-electron chi connectivity index (χ1n) is 5.76. The predicted molar refractivity (Wildman–Crippen MR) is 75.7 cm³/mol. The molecule has 0 radical (unpaired) electrons. The number of aromatic nitrogens is 1. The lowest BCUT2D eigenvalue weighted by Gasteiger charge is -2.14. The molecule has 1 aromatic carbocycles. The van der Waals surface area contributed by atoms with Crippen molar-refractivity contribution < 1.29 is 9.84 Å². The number of benzene rings is 1. The minimum atomic E-state index is -0.651. The van der Waals surface area contributed by atoms with Gasteiger partial charge < -0.3 is 9.84 Å². The van der Waals surface area contributed by atoms with E-state index >= 15 is 0 Å². The van der Waals surface area contributed by atoms with Crippen LogP contribution in [-0.4, -0.2) is 10.1 Å². The molecule has 19 heavy (non-hydrogen) atoms. The standard InChI is InChI=1S/C14H13Cl2NO2/c1-9(18)12-6-11(15)2-3-14(12)19-8-10-4-5-17-7-13(10)16/h2-7,9,18H,8H2,1H3/t9-/m0/s1. The Morgan fingerprint density at radius 2 is 2.11 bits per heavy atom. The highest BCUT2D eigenvalue weighted by Gasteiger charge is 2.10. The molecule has 3 nitrogen and oxygen atoms in total. The van der Waals surface area contributed by atoms with Crippen molar-refractivity contribution in [1.29, 1.82) is 0 Å². The molecule has 1 heterocycles. The highest BCUT2D eigenvalue weighted by atomic mass is 35.5. The topological polar surface area (TPSA) is 42.4 Å². The normalized spacial score (nSPS) is 12.2. The largest absolute Gasteiger partial charge is 0.488 e. The van der Waals surface area contributed by atoms with Crippen molar-refractivity contribution in [3.8, 4) is 5.75 Å². The third-order valence-corrected chi connectivity index (χ3v) is 3.24. The van der Waals surface area contributed by atoms with Crippen LogP contribution >= 0.6 is 23.2 Å². The Balaban J connectivity index is 2.18. The summed E-state index contributed by atoms with van der Waals surface area (Å²) in [5.41, 5.74) is 1.49. The quantitative estimate of drug-likeness (QED) is 0.927. The Kier molecular flexibility index (Phi) is 4.64. The van der Waals surface area contributed by atoms with Gasteiger partial charge >= 0.3 is 0 Å². The molecule has 0 aliphatic rings. The third-order valence-electron chi connectivity index (χ3n) is 2.66. The van der Waals surface area contributed by atoms with E-state index in [1.165, 1.54) is 0 Å². The van der Waals surface area contributed by atoms with Gasteiger partial charge in [-0.2, -0.15) is 0 Å². The minimum Gasteiger partial charge on any atom is -0.488 e. The zero-order valence-corrected chi connectivity index (χ0v) is 11.8. The van der Waals surface area contributed by atoms with Crippen LogP contribution in [0.1, 0.15) is 24.2 Å². The van der Waals surface area contributed by atoms with E-state index in [0.29, 0.717) is 28.0 Å². The summed E-state index contributed by atoms with van der Waals surface area (Å²) in [5, 5.41) is 10.8. The molecule has 2 rings (SSSR count). The average molecular weight is 298 g/mol. The summed E-state index contributed by atoms with van der Waals surface area (Å²) in [7, 11) is 0. The summed E-state index contributed by atoms with van der Waals surface area (Å²) in [5.74, 6) is 0.590. The number of rotatable bonds is 4. The van der Waals surface area contributed by atoms with Crippen LogP contribution in [0.2, 0.25) is 10.0 Å². The van der Waals surface area contributed by atoms with E-state index in [9.17, 15) is 5.11 Å². The fraction of sp³-hybridized carbons (Fsp3) is 0.214. The average Bonchev–Trinajstić information content (AvgIpc) is 2.38. The first kappa shape index (κ1) is 14.1. The molecule has 0 unspecified atom stereocenters. The lowest BCUT2D eigenvalue weighted by molar-refractivity contribution is 0.190. The van der Waals surface area contributed by atoms with Gasteiger partial charge in [-0.15, -0.1) is 0 Å². The highest BCUT2D eigenvalue weighted by Crippen LogP contribution is 2.29. The number of halogens is 2. The van der Waals surface area contributed by atoms with Crippen molar-refractivity contribution in [2.75, 3.05) is 0 Å². The second-order valence-corrected chi connectivity index (χ2v) is 4.96. The number of hydrogen-bond acceptors (Lipinski definition) is 3. The maximum Gasteiger partial charge on any atom is 0.125 e. The van der Waals surface area contributed by atoms with Crippen LogP contribution < -0.4 is 4.74 Å². The smallest absolute Gasteiger partial charge is 0.125 e. The molecule has 100 valence electrons. The summed E-state index contributed by atoms with van der Waals surface area (Å²) >= 11 is 11.9. The maximum absolute atomic E-state index is 9.71. The molecule has 1 aromatic heterocycles. The summed E-state index contributed by atoms with van der Waals surface area (Å²) < 4.78 is 5.69. The van der Waals surface area contributed by atoms with Crippen molar-refractivity contribution >= 4 is 23.2 Å². The lowest BCUT2D eigenvalue weighted by atomic mass is 10.1. The Bertz CT molecular complexity index is 573. The van der Waals surface area contributed by atoms with E-state index < -0.39 is 6.10 Å². The number of nitrogens with zero attached hydrogens (tertiary/aromatic N) is 1. The van der Waals surface area contributed by atoms with Crippen molar-refractivity contribution in [3.63, 3.8) is 0 Å². The van der Waals surface area contributed by atoms with E-state index in [0.717, 1.165) is 5.56 Å². The van der Waals surface area contributed by atoms with Gasteiger partial charge in [-0.3, -0.25) is 4.98 Å². The highest BCUT2D eigenvalue weighted by molar-refractivity contribution is 6.31. The first-order chi connectivity index (χ1) is 9.08. The van der Waals surface area contributed by atoms with Gasteiger partial charge in [0.1, 0.15) is 12.4 Å². The van der Waals surface area contributed by atoms with Crippen LogP contribution in [0.25, 0.3) is 0 Å². The molecular weight excluding hydrogens is 285 g/mol. The first-order valence-corrected chi connectivity index (χ1v) is 6.52. The fourth-order valence-corrected chi connectivity index (χ4v) is 2.01. The molecule has 0 amide bonds. The van der Waals surface area contributed by atoms with Gasteiger partial charge in [0.2, 0.25) is 0 Å². The van der Waals surface area contributed by atoms with Gasteiger partial charge in [-0.1, -0.05) is 23.2 Å². The molecule has 5 heteroatoms. The summed E-state index contributed by atoms with van der Waals surface area (Å²) in [6.07, 6.45) is 2.57. The zero-order valence-electron chi connectivity index (χ0n) is 10.3. The second-order valence-electron chi connectivity index (χ2n) is 4.11. The van der Waals surface area contributed by atoms with E-state index in [1.54, 1.807) is 43.6 Å². The Labute approximate surface area is 121 Å². The number of ether oxygens (including phenoxy) is 1. The number of aliphatic hydroxyl groups is 1. The summed E-state index contributed by atoms with van der Waals surface area (Å²) in [6, 6.07) is 6.94. The van der Waals surface area contributed by atoms with Crippen LogP contribution in [0.5, 0.6) is 5.75 Å². The molecule has 0 bridgehead atoms. The van der Waals surface area contributed by atoms with Crippen LogP contribution in [-0.2, 0) is 6.61 Å². The molecule has 1 N–H and O–H groups in total. The molecule has 0 aliphatic carbocycles. The molecular formula is C14H13Cl2NO2. The lowest BCUT2D eigenvalue weighted by Crippen LogP contribution is -2.01. The Morgan fingerprint density at radius 3 is 2.79 bits per heavy atom. The van der Waals surface area contributed by atoms with Crippen molar-refractivity contribution in [3.05, 3.63) is 57.8 Å². The summed E-state index contributed by atoms with van der Waals surface area (Å²) in [6.45, 7) is 1.97. The van der Waals surface area contributed by atoms with Crippen LogP contribution in [0, 0.1) is 0 Å². The van der Waals surface area contributed by atoms with E-state index in [1.807, 2.05) is 0 Å². The predicted octanol–water partition coefficient (Wildman–Crippen LogP) is 4.02. The number of aliphatic hydroxyl groups excluding tert-OH is 1. The van der Waals surface area contributed by atoms with Gasteiger partial charge in [-0.25, -0.2) is 0 Å². The van der Waals surface area contributed by atoms with Crippen LogP contribution in [0.15, 0.2) is 36.7 Å². The van der Waals surface area contributed by atoms with Crippen molar-refractivity contribution in [2.24, 2.45) is 0 Å². The van der Waals surface area contributed by atoms with Crippen LogP contribution in [0.3, 0.4) is 0 Å². The van der Waals surface area contributed by atoms with Crippen molar-refractivity contribution in [1.82, 2.24) is 4.98 Å². The third kappa shape index (κ3) is 3.60. The molecule has 0 spiro atoms. The van der Waals surface area contributed by atoms with Crippen molar-refractivity contribution in [2.45, 2.75) is 19.6 Å². The molecule has 1 atom stereocenters. The monoisotopic (exact) mass is 297 g/mol. The second kappa shape index (κ2) is 6.24. The fourth-order valence-electron chi connectivity index (χ4n) is 1.65. The van der Waals surface area contributed by atoms with Gasteiger partial charge in [0.15, 0.2) is 0 Å². The zero-order chi connectivity index (χ0) is 13.8. The molecule has 0 aliphatic heterocycles. The van der Waals surface area contributed by atoms with Crippen LogP contribution in [0.4, 0.5) is 0 Å². The molecule has 2 aromatic rings. The SMILES string of the molecule is C[C@H](O)c1cc(Cl)ccc1OCc1ccncc1Cl.